The summed E-state index contributed by atoms with van der Waals surface area (Å²) in [5.74, 6) is 6.64. The minimum absolute atomic E-state index is 0.0439. The van der Waals surface area contributed by atoms with Crippen molar-refractivity contribution in [2.75, 3.05) is 5.43 Å². The second-order valence-electron chi connectivity index (χ2n) is 3.39. The SMILES string of the molecule is NNc1ncnc(Oc2cccc(CO)c2)c1Br. The van der Waals surface area contributed by atoms with Crippen LogP contribution in [0.1, 0.15) is 5.56 Å². The normalized spacial score (nSPS) is 10.2. The van der Waals surface area contributed by atoms with Crippen LogP contribution in [0.2, 0.25) is 0 Å². The first-order chi connectivity index (χ1) is 8.74. The smallest absolute Gasteiger partial charge is 0.238 e. The lowest BCUT2D eigenvalue weighted by atomic mass is 10.2. The van der Waals surface area contributed by atoms with E-state index in [4.69, 9.17) is 15.7 Å². The van der Waals surface area contributed by atoms with Crippen LogP contribution in [0.3, 0.4) is 0 Å². The molecule has 1 aromatic carbocycles. The lowest BCUT2D eigenvalue weighted by molar-refractivity contribution is 0.281. The molecule has 0 amide bonds. The first kappa shape index (κ1) is 12.7. The molecule has 2 aromatic rings. The van der Waals surface area contributed by atoms with E-state index in [-0.39, 0.29) is 6.61 Å². The molecule has 0 fully saturated rings. The van der Waals surface area contributed by atoms with Crippen LogP contribution in [0.25, 0.3) is 0 Å². The van der Waals surface area contributed by atoms with Crippen molar-refractivity contribution in [3.8, 4) is 11.6 Å². The highest BCUT2D eigenvalue weighted by molar-refractivity contribution is 9.10. The predicted octanol–water partition coefficient (Wildman–Crippen LogP) is 1.81. The predicted molar refractivity (Wildman–Crippen MR) is 70.0 cm³/mol. The minimum Gasteiger partial charge on any atom is -0.438 e. The standard InChI is InChI=1S/C11H11BrN4O2/c12-9-10(16-13)14-6-15-11(9)18-8-3-1-2-7(4-8)5-17/h1-4,6,17H,5,13H2,(H,14,15,16). The largest absolute Gasteiger partial charge is 0.438 e. The van der Waals surface area contributed by atoms with E-state index in [1.165, 1.54) is 6.33 Å². The van der Waals surface area contributed by atoms with Gasteiger partial charge < -0.3 is 15.3 Å². The number of ether oxygens (including phenoxy) is 1. The molecule has 94 valence electrons. The van der Waals surface area contributed by atoms with Crippen LogP contribution in [0.4, 0.5) is 5.82 Å². The molecule has 2 rings (SSSR count). The number of nitrogens with two attached hydrogens (primary N) is 1. The fraction of sp³-hybridized carbons (Fsp3) is 0.0909. The lowest BCUT2D eigenvalue weighted by Gasteiger charge is -2.09. The molecule has 0 spiro atoms. The summed E-state index contributed by atoms with van der Waals surface area (Å²) in [6.45, 7) is -0.0439. The Morgan fingerprint density at radius 1 is 1.39 bits per heavy atom. The number of halogens is 1. The van der Waals surface area contributed by atoms with Crippen molar-refractivity contribution in [3.63, 3.8) is 0 Å². The minimum atomic E-state index is -0.0439. The Morgan fingerprint density at radius 3 is 2.94 bits per heavy atom. The number of nitrogens with one attached hydrogen (secondary N) is 1. The zero-order chi connectivity index (χ0) is 13.0. The average Bonchev–Trinajstić information content (AvgIpc) is 2.41. The Bertz CT molecular complexity index is 550. The number of nitrogen functional groups attached to an aromatic ring is 1. The van der Waals surface area contributed by atoms with Crippen molar-refractivity contribution in [1.82, 2.24) is 9.97 Å². The third-order valence-corrected chi connectivity index (χ3v) is 2.90. The third kappa shape index (κ3) is 2.76. The number of nitrogens with zero attached hydrogens (tertiary/aromatic N) is 2. The van der Waals surface area contributed by atoms with Gasteiger partial charge in [0, 0.05) is 0 Å². The van der Waals surface area contributed by atoms with Gasteiger partial charge in [-0.25, -0.2) is 15.8 Å². The van der Waals surface area contributed by atoms with E-state index in [2.05, 4.69) is 31.3 Å². The molecule has 0 aliphatic carbocycles. The van der Waals surface area contributed by atoms with Gasteiger partial charge in [0.2, 0.25) is 5.88 Å². The zero-order valence-electron chi connectivity index (χ0n) is 9.30. The summed E-state index contributed by atoms with van der Waals surface area (Å²) in [6, 6.07) is 7.08. The van der Waals surface area contributed by atoms with Crippen molar-refractivity contribution in [2.45, 2.75) is 6.61 Å². The van der Waals surface area contributed by atoms with Gasteiger partial charge in [0.25, 0.3) is 0 Å². The van der Waals surface area contributed by atoms with Crippen LogP contribution in [0.15, 0.2) is 35.1 Å². The molecule has 1 aromatic heterocycles. The lowest BCUT2D eigenvalue weighted by Crippen LogP contribution is -2.09. The van der Waals surface area contributed by atoms with E-state index in [0.29, 0.717) is 21.9 Å². The Hall–Kier alpha value is -1.70. The summed E-state index contributed by atoms with van der Waals surface area (Å²) in [5, 5.41) is 9.05. The van der Waals surface area contributed by atoms with Gasteiger partial charge in [0.1, 0.15) is 16.5 Å². The fourth-order valence-electron chi connectivity index (χ4n) is 1.34. The zero-order valence-corrected chi connectivity index (χ0v) is 10.9. The van der Waals surface area contributed by atoms with E-state index in [9.17, 15) is 0 Å². The van der Waals surface area contributed by atoms with Crippen molar-refractivity contribution in [3.05, 3.63) is 40.6 Å². The fourth-order valence-corrected chi connectivity index (χ4v) is 1.74. The van der Waals surface area contributed by atoms with Crippen LogP contribution in [0, 0.1) is 0 Å². The van der Waals surface area contributed by atoms with Gasteiger partial charge in [-0.3, -0.25) is 0 Å². The molecule has 0 aliphatic rings. The molecule has 1 heterocycles. The monoisotopic (exact) mass is 310 g/mol. The topological polar surface area (TPSA) is 93.3 Å². The van der Waals surface area contributed by atoms with Gasteiger partial charge in [0.05, 0.1) is 6.61 Å². The Kier molecular flexibility index (Phi) is 4.08. The van der Waals surface area contributed by atoms with Crippen LogP contribution in [-0.4, -0.2) is 15.1 Å². The van der Waals surface area contributed by atoms with E-state index in [1.54, 1.807) is 24.3 Å². The highest BCUT2D eigenvalue weighted by Gasteiger charge is 2.10. The number of aliphatic hydroxyl groups is 1. The molecule has 4 N–H and O–H groups in total. The molecule has 0 atom stereocenters. The summed E-state index contributed by atoms with van der Waals surface area (Å²) in [6.07, 6.45) is 1.34. The summed E-state index contributed by atoms with van der Waals surface area (Å²) >= 11 is 3.29. The number of anilines is 1. The van der Waals surface area contributed by atoms with Crippen molar-refractivity contribution in [2.24, 2.45) is 5.84 Å². The Balaban J connectivity index is 2.28. The Labute approximate surface area is 112 Å². The third-order valence-electron chi connectivity index (χ3n) is 2.19. The van der Waals surface area contributed by atoms with Crippen molar-refractivity contribution < 1.29 is 9.84 Å². The van der Waals surface area contributed by atoms with Gasteiger partial charge in [-0.05, 0) is 33.6 Å². The Morgan fingerprint density at radius 2 is 2.22 bits per heavy atom. The highest BCUT2D eigenvalue weighted by Crippen LogP contribution is 2.31. The van der Waals surface area contributed by atoms with Gasteiger partial charge >= 0.3 is 0 Å². The van der Waals surface area contributed by atoms with Gasteiger partial charge in [0.15, 0.2) is 5.82 Å². The van der Waals surface area contributed by atoms with Gasteiger partial charge in [-0.1, -0.05) is 12.1 Å². The van der Waals surface area contributed by atoms with Crippen LogP contribution in [0.5, 0.6) is 11.6 Å². The quantitative estimate of drug-likeness (QED) is 0.589. The molecule has 0 saturated heterocycles. The average molecular weight is 311 g/mol. The molecule has 0 saturated carbocycles. The number of aromatic nitrogens is 2. The number of aliphatic hydroxyl groups excluding tert-OH is 1. The van der Waals surface area contributed by atoms with Gasteiger partial charge in [-0.15, -0.1) is 0 Å². The molecule has 18 heavy (non-hydrogen) atoms. The van der Waals surface area contributed by atoms with Crippen molar-refractivity contribution >= 4 is 21.7 Å². The van der Waals surface area contributed by atoms with E-state index in [0.717, 1.165) is 5.56 Å². The summed E-state index contributed by atoms with van der Waals surface area (Å²) < 4.78 is 6.12. The summed E-state index contributed by atoms with van der Waals surface area (Å²) in [5.41, 5.74) is 3.19. The first-order valence-corrected chi connectivity index (χ1v) is 5.88. The maximum Gasteiger partial charge on any atom is 0.238 e. The number of hydrogen-bond acceptors (Lipinski definition) is 6. The van der Waals surface area contributed by atoms with Crippen LogP contribution < -0.4 is 16.0 Å². The molecule has 0 unspecified atom stereocenters. The van der Waals surface area contributed by atoms with E-state index >= 15 is 0 Å². The molecule has 0 radical (unpaired) electrons. The molecule has 7 heteroatoms. The second-order valence-corrected chi connectivity index (χ2v) is 4.19. The first-order valence-electron chi connectivity index (χ1n) is 5.09. The van der Waals surface area contributed by atoms with Crippen LogP contribution in [-0.2, 0) is 6.61 Å². The van der Waals surface area contributed by atoms with Gasteiger partial charge in [-0.2, -0.15) is 0 Å². The van der Waals surface area contributed by atoms with Crippen LogP contribution >= 0.6 is 15.9 Å². The molecule has 0 bridgehead atoms. The van der Waals surface area contributed by atoms with E-state index in [1.807, 2.05) is 0 Å². The molecule has 6 nitrogen and oxygen atoms in total. The molecule has 0 aliphatic heterocycles. The maximum atomic E-state index is 9.05. The number of hydrogen-bond donors (Lipinski definition) is 3. The molecular weight excluding hydrogens is 300 g/mol. The van der Waals surface area contributed by atoms with E-state index < -0.39 is 0 Å². The maximum absolute atomic E-state index is 9.05. The number of rotatable bonds is 4. The number of hydrazine groups is 1. The second kappa shape index (κ2) is 5.76. The highest BCUT2D eigenvalue weighted by atomic mass is 79.9. The number of benzene rings is 1. The van der Waals surface area contributed by atoms with Crippen molar-refractivity contribution in [1.29, 1.82) is 0 Å². The summed E-state index contributed by atoms with van der Waals surface area (Å²) in [7, 11) is 0. The molecular formula is C11H11BrN4O2. The summed E-state index contributed by atoms with van der Waals surface area (Å²) in [4.78, 5) is 7.92.